The number of fused-ring (bicyclic) bond motifs is 4. The van der Waals surface area contributed by atoms with Crippen LogP contribution >= 0.6 is 28.3 Å². The summed E-state index contributed by atoms with van der Waals surface area (Å²) in [5.74, 6) is 1.81. The number of pyridine rings is 4. The summed E-state index contributed by atoms with van der Waals surface area (Å²) in [5, 5.41) is 0. The van der Waals surface area contributed by atoms with Gasteiger partial charge in [-0.2, -0.15) is 28.5 Å². The van der Waals surface area contributed by atoms with E-state index in [0.717, 1.165) is 68.1 Å². The van der Waals surface area contributed by atoms with Crippen molar-refractivity contribution in [2.24, 2.45) is 14.1 Å². The molecule has 2 aliphatic heterocycles. The Labute approximate surface area is 444 Å². The van der Waals surface area contributed by atoms with Crippen LogP contribution in [0.25, 0.3) is 33.7 Å². The van der Waals surface area contributed by atoms with E-state index >= 15 is 0 Å². The fourth-order valence-electron chi connectivity index (χ4n) is 6.81. The van der Waals surface area contributed by atoms with Crippen LogP contribution in [0.4, 0.5) is 34.4 Å². The quantitative estimate of drug-likeness (QED) is 0.113. The molecule has 0 spiro atoms. The average molecular weight is 1580 g/mol. The Bertz CT molecular complexity index is 2520. The number of hydrogen-bond donors (Lipinski definition) is 0. The Morgan fingerprint density at radius 2 is 1.00 bits per heavy atom. The number of aromatic nitrogens is 8. The molecule has 0 fully saturated rings. The van der Waals surface area contributed by atoms with E-state index in [1.54, 1.807) is 18.8 Å². The third-order valence-corrected chi connectivity index (χ3v) is 9.32. The van der Waals surface area contributed by atoms with Gasteiger partial charge >= 0.3 is 83.3 Å². The molecule has 0 unspecified atom stereocenters. The molecule has 1 radical (unpaired) electrons. The zero-order chi connectivity index (χ0) is 42.1. The normalized spacial score (nSPS) is 11.9. The molecule has 8 aromatic rings. The number of rotatable bonds is 4. The molecular weight excluding hydrogens is 1540 g/mol. The summed E-state index contributed by atoms with van der Waals surface area (Å²) in [6, 6.07) is 34.1. The van der Waals surface area contributed by atoms with Gasteiger partial charge in [-0.3, -0.25) is 0 Å². The number of aryl methyl sites for hydroxylation is 2. The van der Waals surface area contributed by atoms with Gasteiger partial charge in [0.2, 0.25) is 0 Å². The second-order valence-electron chi connectivity index (χ2n) is 12.8. The monoisotopic (exact) mass is 1570 g/mol. The van der Waals surface area contributed by atoms with Crippen LogP contribution < -0.4 is 76.7 Å². The fraction of sp³-hybridized carbons (Fsp3) is 0.100. The number of halogens is 5. The van der Waals surface area contributed by atoms with Crippen molar-refractivity contribution in [3.05, 3.63) is 148 Å². The minimum absolute atomic E-state index is 0. The van der Waals surface area contributed by atoms with Gasteiger partial charge in [-0.25, -0.2) is 29.1 Å². The summed E-state index contributed by atoms with van der Waals surface area (Å²) in [7, 11) is 22.5. The zero-order valence-corrected chi connectivity index (χ0v) is 45.7. The van der Waals surface area contributed by atoms with Crippen LogP contribution in [0.3, 0.4) is 0 Å². The van der Waals surface area contributed by atoms with Gasteiger partial charge in [-0.05, 0) is 74.8 Å². The first-order valence-electron chi connectivity index (χ1n) is 17.3. The summed E-state index contributed by atoms with van der Waals surface area (Å²) in [4.78, 5) is 26.4. The van der Waals surface area contributed by atoms with Gasteiger partial charge in [-0.15, -0.1) is 29.6 Å². The molecule has 2 aliphatic rings. The summed E-state index contributed by atoms with van der Waals surface area (Å²) >= 11 is 4.08. The Hall–Kier alpha value is -2.27. The molecule has 0 saturated carbocycles. The molecule has 10 rings (SSSR count). The first kappa shape index (κ1) is 54.1. The number of nitrogens with zero attached hydrogens (tertiary/aromatic N) is 12. The number of hydrogen-bond acceptors (Lipinski definition) is 9. The van der Waals surface area contributed by atoms with Crippen LogP contribution in [0.2, 0.25) is 0 Å². The Morgan fingerprint density at radius 3 is 1.42 bits per heavy atom. The second kappa shape index (κ2) is 26.0. The average Bonchev–Trinajstić information content (AvgIpc) is 4.03. The molecule has 2 aromatic carbocycles. The molecule has 22 heteroatoms. The summed E-state index contributed by atoms with van der Waals surface area (Å²) < 4.78 is 16.2. The van der Waals surface area contributed by atoms with E-state index in [1.165, 1.54) is 0 Å². The van der Waals surface area contributed by atoms with Crippen LogP contribution in [0.1, 0.15) is 0 Å². The zero-order valence-electron chi connectivity index (χ0n) is 32.7. The molecule has 62 heavy (non-hydrogen) atoms. The first-order chi connectivity index (χ1) is 28.9. The van der Waals surface area contributed by atoms with Crippen molar-refractivity contribution < 1.29 is 129 Å². The van der Waals surface area contributed by atoms with E-state index in [0.29, 0.717) is 0 Å². The van der Waals surface area contributed by atoms with E-state index in [9.17, 15) is 0 Å². The molecule has 0 saturated heterocycles. The van der Waals surface area contributed by atoms with Gasteiger partial charge in [0.1, 0.15) is 23.0 Å². The van der Waals surface area contributed by atoms with E-state index in [-0.39, 0.29) is 65.0 Å². The Kier molecular flexibility index (Phi) is 22.7. The van der Waals surface area contributed by atoms with Gasteiger partial charge < -0.3 is 67.6 Å². The van der Waals surface area contributed by atoms with Crippen molar-refractivity contribution in [3.63, 3.8) is 0 Å². The molecule has 8 heterocycles. The molecule has 341 valence electrons. The van der Waals surface area contributed by atoms with Crippen LogP contribution in [-0.2, 0) is 86.2 Å². The van der Waals surface area contributed by atoms with Crippen LogP contribution in [0.15, 0.2) is 128 Å². The van der Waals surface area contributed by atoms with Crippen molar-refractivity contribution in [1.29, 1.82) is 0 Å². The SMILES string of the molecule is CN1[CH-]N(c2[c-]c(N3[CH-]N(C)c4cccnc43)ccc2)c2ncccc21.C[n+]1cn(-c2cccc(-n3c[n+](C)c4cccnc43)c2)c2ncccc21.[Cl][Pt].[Cl][Pt][Cl].[Cu].[I-].[I-].[O]=[Cu]. The Balaban J connectivity index is 0.000000277. The molecule has 0 atom stereocenters. The van der Waals surface area contributed by atoms with Crippen molar-refractivity contribution in [3.8, 4) is 11.4 Å². The molecule has 0 amide bonds. The summed E-state index contributed by atoms with van der Waals surface area (Å²) in [6.45, 7) is 4.05. The van der Waals surface area contributed by atoms with Gasteiger partial charge in [0.05, 0.1) is 14.1 Å². The topological polar surface area (TPSA) is 99.2 Å². The predicted octanol–water partition coefficient (Wildman–Crippen LogP) is 1.65. The van der Waals surface area contributed by atoms with E-state index < -0.39 is 16.5 Å². The van der Waals surface area contributed by atoms with E-state index in [2.05, 4.69) is 150 Å². The Morgan fingerprint density at radius 1 is 0.629 bits per heavy atom. The maximum absolute atomic E-state index is 7.81. The van der Waals surface area contributed by atoms with Crippen molar-refractivity contribution in [2.75, 3.05) is 33.7 Å². The van der Waals surface area contributed by atoms with Gasteiger partial charge in [-0.1, -0.05) is 6.07 Å². The van der Waals surface area contributed by atoms with Crippen molar-refractivity contribution in [1.82, 2.24) is 29.1 Å². The first-order valence-corrected chi connectivity index (χ1v) is 26.2. The molecular formula is C40H35Cl3Cu2I2N12OPt2-3. The molecule has 0 aliphatic carbocycles. The van der Waals surface area contributed by atoms with Crippen LogP contribution in [0.5, 0.6) is 0 Å². The van der Waals surface area contributed by atoms with Gasteiger partial charge in [0.25, 0.3) is 23.9 Å². The number of benzene rings is 2. The maximum atomic E-state index is 7.81. The summed E-state index contributed by atoms with van der Waals surface area (Å²) in [6.07, 6.45) is 11.4. The van der Waals surface area contributed by atoms with Crippen LogP contribution in [0, 0.1) is 19.4 Å². The summed E-state index contributed by atoms with van der Waals surface area (Å²) in [5.41, 5.74) is 10.2. The third kappa shape index (κ3) is 11.8. The van der Waals surface area contributed by atoms with Gasteiger partial charge in [0.15, 0.2) is 11.0 Å². The molecule has 0 N–H and O–H groups in total. The standard InChI is InChI=1S/C20H18N6.C20H17N6.3ClH.2Cu.2HI.O.2Pt/c2*1-23-13-25(19-17(23)8-4-10-21-19)15-6-3-7-16(12-15)26-14-24(2)18-9-5-11-22-20(18)26;;;;;;;;;;/h3-14H,1-2H3;3-11,13-14H,1-2H3;3*1H;;;2*1H;;;/q+2;-3;;;;;;;;;+1;+2/p-5. The van der Waals surface area contributed by atoms with Crippen LogP contribution in [-0.4, -0.2) is 43.2 Å². The predicted molar refractivity (Wildman–Crippen MR) is 220 cm³/mol. The third-order valence-electron chi connectivity index (χ3n) is 9.32. The van der Waals surface area contributed by atoms with Crippen molar-refractivity contribution in [2.45, 2.75) is 0 Å². The molecule has 6 aromatic heterocycles. The van der Waals surface area contributed by atoms with E-state index in [1.807, 2.05) is 109 Å². The number of imidazole rings is 2. The van der Waals surface area contributed by atoms with Gasteiger partial charge in [0, 0.05) is 59.3 Å². The fourth-order valence-corrected chi connectivity index (χ4v) is 6.81. The minimum atomic E-state index is -0.472. The molecule has 0 bridgehead atoms. The molecule has 13 nitrogen and oxygen atoms in total. The van der Waals surface area contributed by atoms with Crippen molar-refractivity contribution >= 4 is 85.0 Å². The number of anilines is 6. The second-order valence-corrected chi connectivity index (χ2v) is 16.0. The van der Waals surface area contributed by atoms with E-state index in [4.69, 9.17) is 22.7 Å².